The molecule has 0 aliphatic carbocycles. The molecule has 2 fully saturated rings. The zero-order valence-corrected chi connectivity index (χ0v) is 15.8. The maximum atomic E-state index is 12.2. The lowest BCUT2D eigenvalue weighted by Crippen LogP contribution is -2.48. The van der Waals surface area contributed by atoms with Crippen molar-refractivity contribution in [3.05, 3.63) is 17.1 Å². The third kappa shape index (κ3) is 3.42. The van der Waals surface area contributed by atoms with E-state index in [4.69, 9.17) is 9.72 Å². The third-order valence-corrected chi connectivity index (χ3v) is 6.12. The van der Waals surface area contributed by atoms with E-state index in [1.807, 2.05) is 6.92 Å². The molecule has 0 spiro atoms. The van der Waals surface area contributed by atoms with Crippen molar-refractivity contribution in [3.8, 4) is 0 Å². The summed E-state index contributed by atoms with van der Waals surface area (Å²) in [5.41, 5.74) is 1.60. The molecule has 0 aromatic carbocycles. The van der Waals surface area contributed by atoms with Gasteiger partial charge in [-0.15, -0.1) is 0 Å². The second-order valence-corrected chi connectivity index (χ2v) is 7.64. The number of rotatable bonds is 3. The van der Waals surface area contributed by atoms with Crippen LogP contribution in [0.1, 0.15) is 41.6 Å². The first-order chi connectivity index (χ1) is 12.6. The lowest BCUT2D eigenvalue weighted by Gasteiger charge is -2.41. The maximum Gasteiger partial charge on any atom is 0.270 e. The monoisotopic (exact) mass is 359 g/mol. The van der Waals surface area contributed by atoms with Crippen LogP contribution < -0.4 is 10.2 Å². The third-order valence-electron chi connectivity index (χ3n) is 6.12. The Balaban J connectivity index is 1.46. The predicted molar refractivity (Wildman–Crippen MR) is 99.6 cm³/mol. The fourth-order valence-corrected chi connectivity index (χ4v) is 4.52. The van der Waals surface area contributed by atoms with Gasteiger partial charge in [0.05, 0.1) is 13.2 Å². The minimum Gasteiger partial charge on any atom is -0.379 e. The summed E-state index contributed by atoms with van der Waals surface area (Å²) in [5, 5.41) is 2.89. The molecule has 4 rings (SSSR count). The number of fused-ring (bicyclic) bond motifs is 1. The normalized spacial score (nSPS) is 23.5. The SMILES string of the molecule is Cc1nc2c(c(N3CCC(C(C)N4CCOCC4)CC3)n1)CCNC2=O. The molecule has 4 heterocycles. The number of piperidine rings is 1. The van der Waals surface area contributed by atoms with Gasteiger partial charge in [0.2, 0.25) is 0 Å². The summed E-state index contributed by atoms with van der Waals surface area (Å²) in [7, 11) is 0. The van der Waals surface area contributed by atoms with Crippen LogP contribution in [-0.2, 0) is 11.2 Å². The maximum absolute atomic E-state index is 12.2. The highest BCUT2D eigenvalue weighted by Gasteiger charge is 2.31. The number of aromatic nitrogens is 2. The number of hydrogen-bond donors (Lipinski definition) is 1. The lowest BCUT2D eigenvalue weighted by atomic mass is 9.89. The second kappa shape index (κ2) is 7.48. The molecule has 26 heavy (non-hydrogen) atoms. The van der Waals surface area contributed by atoms with Crippen molar-refractivity contribution < 1.29 is 9.53 Å². The standard InChI is InChI=1S/C19H29N5O2/c1-13(23-9-11-26-12-10-23)15-4-7-24(8-5-15)18-16-3-6-20-19(25)17(16)21-14(2)22-18/h13,15H,3-12H2,1-2H3,(H,20,25). The van der Waals surface area contributed by atoms with Crippen LogP contribution in [0.4, 0.5) is 5.82 Å². The molecule has 1 unspecified atom stereocenters. The molecule has 7 nitrogen and oxygen atoms in total. The van der Waals surface area contributed by atoms with E-state index in [1.54, 1.807) is 0 Å². The van der Waals surface area contributed by atoms with Gasteiger partial charge in [-0.3, -0.25) is 9.69 Å². The number of amides is 1. The van der Waals surface area contributed by atoms with Gasteiger partial charge in [-0.1, -0.05) is 0 Å². The Morgan fingerprint density at radius 1 is 1.15 bits per heavy atom. The molecule has 2 saturated heterocycles. The fraction of sp³-hybridized carbons (Fsp3) is 0.737. The van der Waals surface area contributed by atoms with E-state index in [1.165, 1.54) is 12.8 Å². The van der Waals surface area contributed by atoms with Gasteiger partial charge in [0.1, 0.15) is 17.3 Å². The molecule has 0 radical (unpaired) electrons. The highest BCUT2D eigenvalue weighted by molar-refractivity contribution is 5.96. The number of nitrogens with zero attached hydrogens (tertiary/aromatic N) is 4. The first-order valence-electron chi connectivity index (χ1n) is 9.86. The van der Waals surface area contributed by atoms with Crippen LogP contribution >= 0.6 is 0 Å². The molecule has 3 aliphatic heterocycles. The summed E-state index contributed by atoms with van der Waals surface area (Å²) in [6.07, 6.45) is 3.16. The Morgan fingerprint density at radius 2 is 1.88 bits per heavy atom. The summed E-state index contributed by atoms with van der Waals surface area (Å²) >= 11 is 0. The number of anilines is 1. The van der Waals surface area contributed by atoms with Crippen LogP contribution in [0.3, 0.4) is 0 Å². The number of carbonyl (C=O) groups excluding carboxylic acids is 1. The van der Waals surface area contributed by atoms with Crippen molar-refractivity contribution in [2.45, 2.75) is 39.2 Å². The molecule has 1 N–H and O–H groups in total. The molecule has 1 atom stereocenters. The molecule has 1 amide bonds. The van der Waals surface area contributed by atoms with Crippen molar-refractivity contribution in [2.75, 3.05) is 50.8 Å². The van der Waals surface area contributed by atoms with Crippen LogP contribution in [0, 0.1) is 12.8 Å². The molecule has 7 heteroatoms. The van der Waals surface area contributed by atoms with Crippen LogP contribution in [0.5, 0.6) is 0 Å². The van der Waals surface area contributed by atoms with Crippen molar-refractivity contribution in [3.63, 3.8) is 0 Å². The van der Waals surface area contributed by atoms with Crippen LogP contribution in [-0.4, -0.2) is 72.8 Å². The van der Waals surface area contributed by atoms with Gasteiger partial charge in [-0.05, 0) is 39.0 Å². The smallest absolute Gasteiger partial charge is 0.270 e. The molecule has 1 aromatic heterocycles. The quantitative estimate of drug-likeness (QED) is 0.869. The van der Waals surface area contributed by atoms with E-state index >= 15 is 0 Å². The van der Waals surface area contributed by atoms with E-state index in [-0.39, 0.29) is 5.91 Å². The van der Waals surface area contributed by atoms with E-state index in [0.29, 0.717) is 30.0 Å². The summed E-state index contributed by atoms with van der Waals surface area (Å²) in [6, 6.07) is 0.605. The van der Waals surface area contributed by atoms with Gasteiger partial charge in [-0.2, -0.15) is 0 Å². The number of aryl methyl sites for hydroxylation is 1. The number of morpholine rings is 1. The molecule has 0 bridgehead atoms. The number of carbonyl (C=O) groups is 1. The fourth-order valence-electron chi connectivity index (χ4n) is 4.52. The average molecular weight is 359 g/mol. The Hall–Kier alpha value is -1.73. The highest BCUT2D eigenvalue weighted by Crippen LogP contribution is 2.30. The molecule has 142 valence electrons. The summed E-state index contributed by atoms with van der Waals surface area (Å²) < 4.78 is 5.49. The molecular formula is C19H29N5O2. The predicted octanol–water partition coefficient (Wildman–Crippen LogP) is 1.01. The average Bonchev–Trinajstić information content (AvgIpc) is 2.68. The lowest BCUT2D eigenvalue weighted by molar-refractivity contribution is 0.00447. The topological polar surface area (TPSA) is 70.6 Å². The first kappa shape index (κ1) is 17.7. The van der Waals surface area contributed by atoms with Crippen molar-refractivity contribution in [1.82, 2.24) is 20.2 Å². The Bertz CT molecular complexity index is 666. The summed E-state index contributed by atoms with van der Waals surface area (Å²) in [6.45, 7) is 10.7. The minimum atomic E-state index is -0.0613. The van der Waals surface area contributed by atoms with Gasteiger partial charge >= 0.3 is 0 Å². The van der Waals surface area contributed by atoms with Gasteiger partial charge in [-0.25, -0.2) is 9.97 Å². The van der Waals surface area contributed by atoms with E-state index in [9.17, 15) is 4.79 Å². The highest BCUT2D eigenvalue weighted by atomic mass is 16.5. The summed E-state index contributed by atoms with van der Waals surface area (Å²) in [4.78, 5) is 26.2. The van der Waals surface area contributed by atoms with E-state index in [2.05, 4.69) is 27.0 Å². The zero-order valence-electron chi connectivity index (χ0n) is 15.8. The van der Waals surface area contributed by atoms with E-state index in [0.717, 1.165) is 57.2 Å². The molecule has 3 aliphatic rings. The molecular weight excluding hydrogens is 330 g/mol. The Morgan fingerprint density at radius 3 is 2.62 bits per heavy atom. The largest absolute Gasteiger partial charge is 0.379 e. The van der Waals surface area contributed by atoms with Crippen LogP contribution in [0.25, 0.3) is 0 Å². The summed E-state index contributed by atoms with van der Waals surface area (Å²) in [5.74, 6) is 2.32. The van der Waals surface area contributed by atoms with Crippen molar-refractivity contribution in [1.29, 1.82) is 0 Å². The van der Waals surface area contributed by atoms with Gasteiger partial charge in [0.25, 0.3) is 5.91 Å². The van der Waals surface area contributed by atoms with Gasteiger partial charge in [0.15, 0.2) is 0 Å². The Labute approximate surface area is 155 Å². The van der Waals surface area contributed by atoms with Gasteiger partial charge in [0, 0.05) is 44.3 Å². The van der Waals surface area contributed by atoms with Crippen molar-refractivity contribution in [2.24, 2.45) is 5.92 Å². The number of hydrogen-bond acceptors (Lipinski definition) is 6. The van der Waals surface area contributed by atoms with Crippen LogP contribution in [0.2, 0.25) is 0 Å². The van der Waals surface area contributed by atoms with E-state index < -0.39 is 0 Å². The van der Waals surface area contributed by atoms with Gasteiger partial charge < -0.3 is 15.0 Å². The zero-order chi connectivity index (χ0) is 18.1. The number of nitrogens with one attached hydrogen (secondary N) is 1. The second-order valence-electron chi connectivity index (χ2n) is 7.64. The first-order valence-corrected chi connectivity index (χ1v) is 9.86. The molecule has 0 saturated carbocycles. The Kier molecular flexibility index (Phi) is 5.09. The molecule has 1 aromatic rings. The number of ether oxygens (including phenoxy) is 1. The van der Waals surface area contributed by atoms with Crippen LogP contribution in [0.15, 0.2) is 0 Å². The van der Waals surface area contributed by atoms with Crippen molar-refractivity contribution >= 4 is 11.7 Å². The minimum absolute atomic E-state index is 0.0613.